The van der Waals surface area contributed by atoms with Crippen molar-refractivity contribution in [3.05, 3.63) is 81.7 Å². The number of aryl methyl sites for hydroxylation is 1. The van der Waals surface area contributed by atoms with Gasteiger partial charge in [-0.2, -0.15) is 9.07 Å². The van der Waals surface area contributed by atoms with Crippen LogP contribution in [0.4, 0.5) is 8.78 Å². The number of amides is 2. The molecule has 0 spiro atoms. The molecule has 0 radical (unpaired) electrons. The molecule has 2 aromatic heterocycles. The van der Waals surface area contributed by atoms with E-state index in [1.165, 1.54) is 6.92 Å². The van der Waals surface area contributed by atoms with Crippen molar-refractivity contribution in [2.75, 3.05) is 6.54 Å². The summed E-state index contributed by atoms with van der Waals surface area (Å²) >= 11 is 0. The van der Waals surface area contributed by atoms with E-state index in [1.54, 1.807) is 36.4 Å². The van der Waals surface area contributed by atoms with Crippen molar-refractivity contribution in [2.45, 2.75) is 56.9 Å². The van der Waals surface area contributed by atoms with Crippen molar-refractivity contribution in [1.29, 1.82) is 0 Å². The van der Waals surface area contributed by atoms with E-state index < -0.39 is 48.3 Å². The Morgan fingerprint density at radius 1 is 1.19 bits per heavy atom. The van der Waals surface area contributed by atoms with Gasteiger partial charge in [-0.15, -0.1) is 5.10 Å². The highest BCUT2D eigenvalue weighted by molar-refractivity contribution is 5.88. The Morgan fingerprint density at radius 2 is 1.94 bits per heavy atom. The number of carbonyl (C=O) groups excluding carboxylic acids is 2. The van der Waals surface area contributed by atoms with Crippen LogP contribution in [0.5, 0.6) is 0 Å². The molecule has 36 heavy (non-hydrogen) atoms. The van der Waals surface area contributed by atoms with Gasteiger partial charge in [0.2, 0.25) is 23.7 Å². The van der Waals surface area contributed by atoms with E-state index in [2.05, 4.69) is 15.4 Å². The smallest absolute Gasteiger partial charge is 0.393 e. The second kappa shape index (κ2) is 9.63. The molecule has 1 saturated carbocycles. The number of pyridine rings is 1. The number of hydrogen-bond acceptors (Lipinski definition) is 6. The fraction of sp³-hybridized carbons (Fsp3) is 0.400. The minimum absolute atomic E-state index is 0.0880. The highest BCUT2D eigenvalue weighted by Crippen LogP contribution is 2.41. The maximum atomic E-state index is 14.7. The summed E-state index contributed by atoms with van der Waals surface area (Å²) in [6, 6.07) is 10.4. The molecule has 2 fully saturated rings. The number of halogens is 2. The van der Waals surface area contributed by atoms with Crippen LogP contribution in [-0.4, -0.2) is 50.2 Å². The van der Waals surface area contributed by atoms with Crippen molar-refractivity contribution in [3.8, 4) is 0 Å². The molecule has 3 heterocycles. The van der Waals surface area contributed by atoms with Crippen LogP contribution in [0.25, 0.3) is 0 Å². The third-order valence-corrected chi connectivity index (χ3v) is 6.50. The Labute approximate surface area is 205 Å². The maximum Gasteiger partial charge on any atom is 0.437 e. The van der Waals surface area contributed by atoms with Crippen LogP contribution in [0.15, 0.2) is 51.7 Å². The highest BCUT2D eigenvalue weighted by atomic mass is 19.1. The van der Waals surface area contributed by atoms with Gasteiger partial charge in [-0.25, -0.2) is 14.2 Å². The molecule has 11 heteroatoms. The largest absolute Gasteiger partial charge is 0.437 e. The second-order valence-electron chi connectivity index (χ2n) is 9.18. The summed E-state index contributed by atoms with van der Waals surface area (Å²) in [5.41, 5.74) is 1.52. The summed E-state index contributed by atoms with van der Waals surface area (Å²) < 4.78 is 34.8. The van der Waals surface area contributed by atoms with E-state index in [0.29, 0.717) is 16.8 Å². The molecule has 0 unspecified atom stereocenters. The van der Waals surface area contributed by atoms with Gasteiger partial charge in [-0.3, -0.25) is 9.59 Å². The molecule has 9 nitrogen and oxygen atoms in total. The van der Waals surface area contributed by atoms with Crippen molar-refractivity contribution in [1.82, 2.24) is 25.0 Å². The third-order valence-electron chi connectivity index (χ3n) is 6.50. The second-order valence-corrected chi connectivity index (χ2v) is 9.18. The summed E-state index contributed by atoms with van der Waals surface area (Å²) in [5.74, 6) is -2.36. The number of aromatic nitrogens is 3. The molecular weight excluding hydrogens is 472 g/mol. The van der Waals surface area contributed by atoms with Crippen molar-refractivity contribution >= 4 is 11.8 Å². The number of likely N-dealkylation sites (tertiary alicyclic amines) is 1. The van der Waals surface area contributed by atoms with Crippen LogP contribution in [0.3, 0.4) is 0 Å². The first-order chi connectivity index (χ1) is 17.3. The average molecular weight is 498 g/mol. The first kappa shape index (κ1) is 23.8. The molecule has 188 valence electrons. The lowest BCUT2D eigenvalue weighted by Crippen LogP contribution is -2.48. The quantitative estimate of drug-likeness (QED) is 0.502. The van der Waals surface area contributed by atoms with Gasteiger partial charge in [0.25, 0.3) is 0 Å². The lowest BCUT2D eigenvalue weighted by Gasteiger charge is -2.26. The maximum absolute atomic E-state index is 14.7. The van der Waals surface area contributed by atoms with Crippen molar-refractivity contribution < 1.29 is 22.8 Å². The summed E-state index contributed by atoms with van der Waals surface area (Å²) in [6.07, 6.45) is 0.234. The average Bonchev–Trinajstić information content (AvgIpc) is 3.54. The minimum Gasteiger partial charge on any atom is -0.393 e. The van der Waals surface area contributed by atoms with Gasteiger partial charge in [0.1, 0.15) is 18.8 Å². The Balaban J connectivity index is 1.38. The fourth-order valence-electron chi connectivity index (χ4n) is 4.57. The summed E-state index contributed by atoms with van der Waals surface area (Å²) in [4.78, 5) is 43.3. The SMILES string of the molecule is Cc1nn(CC(=O)N2C[C@H](F)C[C@H]2C(=O)N[C@@H](c2ccccc2)c2ccc(C3CC3)c(F)n2)c(=O)o1. The number of nitrogens with one attached hydrogen (secondary N) is 1. The van der Waals surface area contributed by atoms with Crippen LogP contribution in [0.1, 0.15) is 53.9 Å². The third kappa shape index (κ3) is 4.91. The van der Waals surface area contributed by atoms with Gasteiger partial charge < -0.3 is 14.6 Å². The standard InChI is InChI=1S/C25H25F2N5O4/c1-14-30-32(25(35)36-14)13-21(33)31-12-17(26)11-20(31)24(34)29-22(16-5-3-2-4-6-16)19-10-9-18(15-7-8-15)23(27)28-19/h2-6,9-10,15,17,20,22H,7-8,11-13H2,1H3,(H,29,34)/t17-,20+,22+/m1/s1. The van der Waals surface area contributed by atoms with Gasteiger partial charge in [-0.05, 0) is 30.4 Å². The Bertz CT molecular complexity index is 1340. The van der Waals surface area contributed by atoms with E-state index in [4.69, 9.17) is 4.42 Å². The minimum atomic E-state index is -1.41. The lowest BCUT2D eigenvalue weighted by atomic mass is 10.0. The Kier molecular flexibility index (Phi) is 6.38. The molecule has 0 bridgehead atoms. The number of rotatable bonds is 7. The summed E-state index contributed by atoms with van der Waals surface area (Å²) in [7, 11) is 0. The van der Waals surface area contributed by atoms with Crippen LogP contribution in [0, 0.1) is 12.9 Å². The van der Waals surface area contributed by atoms with Crippen LogP contribution >= 0.6 is 0 Å². The highest BCUT2D eigenvalue weighted by Gasteiger charge is 2.41. The van der Waals surface area contributed by atoms with Gasteiger partial charge in [-0.1, -0.05) is 36.4 Å². The molecule has 3 aromatic rings. The molecule has 1 saturated heterocycles. The van der Waals surface area contributed by atoms with Crippen molar-refractivity contribution in [2.24, 2.45) is 0 Å². The van der Waals surface area contributed by atoms with Crippen molar-refractivity contribution in [3.63, 3.8) is 0 Å². The molecule has 1 N–H and O–H groups in total. The van der Waals surface area contributed by atoms with E-state index >= 15 is 0 Å². The number of alkyl halides is 1. The zero-order chi connectivity index (χ0) is 25.4. The molecule has 1 aliphatic heterocycles. The first-order valence-corrected chi connectivity index (χ1v) is 11.8. The number of carbonyl (C=O) groups is 2. The summed E-state index contributed by atoms with van der Waals surface area (Å²) in [5, 5.41) is 6.66. The van der Waals surface area contributed by atoms with E-state index in [1.807, 2.05) is 6.07 Å². The van der Waals surface area contributed by atoms with Gasteiger partial charge >= 0.3 is 5.76 Å². The number of nitrogens with zero attached hydrogens (tertiary/aromatic N) is 4. The van der Waals surface area contributed by atoms with Crippen LogP contribution in [-0.2, 0) is 16.1 Å². The molecule has 2 amide bonds. The van der Waals surface area contributed by atoms with E-state index in [0.717, 1.165) is 22.4 Å². The van der Waals surface area contributed by atoms with E-state index in [9.17, 15) is 23.2 Å². The molecule has 1 aliphatic carbocycles. The normalized spacial score (nSPS) is 20.4. The van der Waals surface area contributed by atoms with Gasteiger partial charge in [0.05, 0.1) is 18.3 Å². The summed E-state index contributed by atoms with van der Waals surface area (Å²) in [6.45, 7) is 0.690. The van der Waals surface area contributed by atoms with Gasteiger partial charge in [0, 0.05) is 18.9 Å². The predicted molar refractivity (Wildman–Crippen MR) is 123 cm³/mol. The number of benzene rings is 1. The van der Waals surface area contributed by atoms with Crippen LogP contribution < -0.4 is 11.1 Å². The lowest BCUT2D eigenvalue weighted by molar-refractivity contribution is -0.139. The molecule has 5 rings (SSSR count). The fourth-order valence-corrected chi connectivity index (χ4v) is 4.57. The zero-order valence-corrected chi connectivity index (χ0v) is 19.6. The number of hydrogen-bond donors (Lipinski definition) is 1. The monoisotopic (exact) mass is 497 g/mol. The molecular formula is C25H25F2N5O4. The Hall–Kier alpha value is -3.89. The van der Waals surface area contributed by atoms with Crippen LogP contribution in [0.2, 0.25) is 0 Å². The zero-order valence-electron chi connectivity index (χ0n) is 19.6. The topological polar surface area (TPSA) is 110 Å². The molecule has 2 aliphatic rings. The first-order valence-electron chi connectivity index (χ1n) is 11.8. The molecule has 1 aromatic carbocycles. The molecule has 3 atom stereocenters. The Morgan fingerprint density at radius 3 is 2.58 bits per heavy atom. The van der Waals surface area contributed by atoms with Gasteiger partial charge in [0.15, 0.2) is 0 Å². The van der Waals surface area contributed by atoms with E-state index in [-0.39, 0.29) is 24.8 Å². The predicted octanol–water partition coefficient (Wildman–Crippen LogP) is 2.40.